The van der Waals surface area contributed by atoms with E-state index in [0.29, 0.717) is 65.0 Å². The van der Waals surface area contributed by atoms with Crippen molar-refractivity contribution in [2.45, 2.75) is 0 Å². The van der Waals surface area contributed by atoms with Gasteiger partial charge in [0.15, 0.2) is 0 Å². The van der Waals surface area contributed by atoms with Crippen LogP contribution in [0.15, 0.2) is 92.1 Å². The number of nitrogens with two attached hydrogens (primary N) is 1. The van der Waals surface area contributed by atoms with Crippen LogP contribution in [0.2, 0.25) is 30.1 Å². The summed E-state index contributed by atoms with van der Waals surface area (Å²) in [7, 11) is 12.6. The Labute approximate surface area is 319 Å². The van der Waals surface area contributed by atoms with Gasteiger partial charge < -0.3 is 16.0 Å². The molecule has 0 atom stereocenters. The van der Waals surface area contributed by atoms with Gasteiger partial charge in [0.2, 0.25) is 11.9 Å². The zero-order valence-corrected chi connectivity index (χ0v) is 32.8. The van der Waals surface area contributed by atoms with E-state index in [1.807, 2.05) is 26.0 Å². The first-order chi connectivity index (χ1) is 23.2. The van der Waals surface area contributed by atoms with E-state index in [0.717, 1.165) is 5.96 Å². The second-order valence-electron chi connectivity index (χ2n) is 9.79. The molecule has 0 aliphatic heterocycles. The van der Waals surface area contributed by atoms with Gasteiger partial charge in [-0.15, -0.1) is 0 Å². The lowest BCUT2D eigenvalue weighted by Gasteiger charge is -2.21. The van der Waals surface area contributed by atoms with Gasteiger partial charge >= 0.3 is 0 Å². The van der Waals surface area contributed by atoms with Gasteiger partial charge in [-0.05, 0) is 36.4 Å². The minimum absolute atomic E-state index is 0.377. The van der Waals surface area contributed by atoms with E-state index in [1.165, 1.54) is 0 Å². The third-order valence-corrected chi connectivity index (χ3v) is 7.84. The van der Waals surface area contributed by atoms with Crippen LogP contribution in [-0.4, -0.2) is 101 Å². The fourth-order valence-corrected chi connectivity index (χ4v) is 5.09. The molecule has 3 aromatic rings. The zero-order chi connectivity index (χ0) is 37.1. The molecule has 0 aliphatic rings. The van der Waals surface area contributed by atoms with E-state index in [-0.39, 0.29) is 0 Å². The van der Waals surface area contributed by atoms with E-state index >= 15 is 0 Å². The van der Waals surface area contributed by atoms with E-state index in [9.17, 15) is 0 Å². The van der Waals surface area contributed by atoms with Gasteiger partial charge in [0.1, 0.15) is 0 Å². The summed E-state index contributed by atoms with van der Waals surface area (Å²) in [5.74, 6) is 1.37. The summed E-state index contributed by atoms with van der Waals surface area (Å²) < 4.78 is 0. The Morgan fingerprint density at radius 2 is 1.04 bits per heavy atom. The largest absolute Gasteiger partial charge is 0.401 e. The van der Waals surface area contributed by atoms with Crippen LogP contribution in [0.4, 0.5) is 0 Å². The molecule has 49 heavy (non-hydrogen) atoms. The summed E-state index contributed by atoms with van der Waals surface area (Å²) in [5.41, 5.74) is 7.95. The summed E-state index contributed by atoms with van der Waals surface area (Å²) in [6, 6.07) is 16.0. The maximum absolute atomic E-state index is 6.05. The Bertz CT molecular complexity index is 1610. The minimum atomic E-state index is 0.377. The van der Waals surface area contributed by atoms with Crippen molar-refractivity contribution in [2.75, 3.05) is 55.9 Å². The van der Waals surface area contributed by atoms with Gasteiger partial charge in [0, 0.05) is 77.9 Å². The van der Waals surface area contributed by atoms with Gasteiger partial charge in [-0.3, -0.25) is 15.0 Å². The molecule has 0 amide bonds. The highest BCUT2D eigenvalue weighted by Crippen LogP contribution is 2.24. The highest BCUT2D eigenvalue weighted by atomic mass is 35.5. The molecule has 3 aromatic carbocycles. The highest BCUT2D eigenvalue weighted by Gasteiger charge is 2.08. The lowest BCUT2D eigenvalue weighted by Crippen LogP contribution is -2.34. The molecule has 0 spiro atoms. The van der Waals surface area contributed by atoms with Crippen molar-refractivity contribution in [1.82, 2.24) is 20.2 Å². The average Bonchev–Trinajstić information content (AvgIpc) is 3.03. The maximum Gasteiger partial charge on any atom is 0.216 e. The molecule has 3 N–H and O–H groups in total. The number of guanidine groups is 2. The number of halogens is 6. The first kappa shape index (κ1) is 43.5. The second-order valence-corrected chi connectivity index (χ2v) is 12.2. The van der Waals surface area contributed by atoms with Crippen molar-refractivity contribution < 1.29 is 0 Å². The Kier molecular flexibility index (Phi) is 20.4. The molecule has 0 heterocycles. The second kappa shape index (κ2) is 23.0. The van der Waals surface area contributed by atoms with Crippen LogP contribution in [0.1, 0.15) is 16.7 Å². The predicted molar refractivity (Wildman–Crippen MR) is 215 cm³/mol. The van der Waals surface area contributed by atoms with E-state index in [2.05, 4.69) is 37.1 Å². The Morgan fingerprint density at radius 3 is 1.35 bits per heavy atom. The maximum atomic E-state index is 6.05. The van der Waals surface area contributed by atoms with Gasteiger partial charge in [-0.2, -0.15) is 10.2 Å². The number of benzene rings is 3. The molecule has 3 rings (SSSR count). The van der Waals surface area contributed by atoms with E-state index < -0.39 is 0 Å². The molecule has 0 aliphatic carbocycles. The van der Waals surface area contributed by atoms with Crippen molar-refractivity contribution in [3.8, 4) is 0 Å². The molecular weight excluding hydrogens is 749 g/mol. The fourth-order valence-electron chi connectivity index (χ4n) is 3.60. The van der Waals surface area contributed by atoms with Crippen molar-refractivity contribution in [3.63, 3.8) is 0 Å². The SMILES string of the molecule is C=C(N)CN=Cc1c(Cl)cccc1Cl.CN=C(N(C)C)N(C)/N=C/c1c(Cl)cccc1Cl.CN=C(NC)N(C)/N=C/c1c(Cl)cccc1Cl. The molecule has 0 saturated heterocycles. The highest BCUT2D eigenvalue weighted by molar-refractivity contribution is 6.39. The molecule has 16 heteroatoms. The van der Waals surface area contributed by atoms with E-state index in [1.54, 1.807) is 111 Å². The summed E-state index contributed by atoms with van der Waals surface area (Å²) in [4.78, 5) is 14.1. The van der Waals surface area contributed by atoms with Crippen molar-refractivity contribution >= 4 is 100 Å². The third-order valence-electron chi connectivity index (χ3n) is 5.87. The van der Waals surface area contributed by atoms with E-state index in [4.69, 9.17) is 75.3 Å². The first-order valence-electron chi connectivity index (χ1n) is 14.3. The van der Waals surface area contributed by atoms with Gasteiger partial charge in [-0.1, -0.05) is 94.4 Å². The molecular formula is C33H40Cl6N10. The zero-order valence-electron chi connectivity index (χ0n) is 28.3. The standard InChI is InChI=1S/C12H16Cl2N4.C11H14Cl2N4.C10H10Cl2N2/c1-15-12(17(2)3)18(4)16-8-9-10(13)6-5-7-11(9)14;1-14-11(15-2)17(3)16-7-8-9(12)5-4-6-10(8)13;1-7(13)5-14-6-8-9(11)3-2-4-10(8)12/h5-8H,1-4H3;4-7H,1-3H3,(H,14,15);2-4,6H,1,5,13H2/b15-12?,16-8+;16-7+;. The molecule has 0 saturated carbocycles. The average molecular weight is 789 g/mol. The lowest BCUT2D eigenvalue weighted by atomic mass is 10.2. The topological polar surface area (TPSA) is 110 Å². The van der Waals surface area contributed by atoms with Gasteiger partial charge in [-0.25, -0.2) is 10.0 Å². The number of nitrogens with one attached hydrogen (secondary N) is 1. The normalized spacial score (nSPS) is 11.6. The molecule has 0 radical (unpaired) electrons. The summed E-state index contributed by atoms with van der Waals surface area (Å²) >= 11 is 36.0. The summed E-state index contributed by atoms with van der Waals surface area (Å²) in [5, 5.41) is 18.1. The van der Waals surface area contributed by atoms with Crippen molar-refractivity contribution in [2.24, 2.45) is 30.9 Å². The van der Waals surface area contributed by atoms with Gasteiger partial charge in [0.05, 0.1) is 49.1 Å². The Balaban J connectivity index is 0.000000370. The number of aliphatic imine (C=N–C) groups is 3. The number of hydrogen-bond donors (Lipinski definition) is 2. The molecule has 0 bridgehead atoms. The lowest BCUT2D eigenvalue weighted by molar-refractivity contribution is 0.445. The Hall–Kier alpha value is -3.51. The van der Waals surface area contributed by atoms with Crippen molar-refractivity contribution in [3.05, 3.63) is 114 Å². The molecule has 0 unspecified atom stereocenters. The number of hydrogen-bond acceptors (Lipinski definition) is 6. The molecule has 0 aromatic heterocycles. The van der Waals surface area contributed by atoms with Crippen LogP contribution in [0.5, 0.6) is 0 Å². The van der Waals surface area contributed by atoms with Crippen LogP contribution in [-0.2, 0) is 0 Å². The number of rotatable bonds is 7. The number of hydrazone groups is 2. The number of nitrogens with zero attached hydrogens (tertiary/aromatic N) is 8. The van der Waals surface area contributed by atoms with Crippen LogP contribution in [0, 0.1) is 0 Å². The summed E-state index contributed by atoms with van der Waals surface area (Å²) in [6.07, 6.45) is 4.83. The fraction of sp³-hybridized carbons (Fsp3) is 0.242. The first-order valence-corrected chi connectivity index (χ1v) is 16.5. The van der Waals surface area contributed by atoms with Crippen LogP contribution >= 0.6 is 69.6 Å². The van der Waals surface area contributed by atoms with Crippen LogP contribution < -0.4 is 11.1 Å². The summed E-state index contributed by atoms with van der Waals surface area (Å²) in [6.45, 7) is 3.91. The predicted octanol–water partition coefficient (Wildman–Crippen LogP) is 8.16. The van der Waals surface area contributed by atoms with Gasteiger partial charge in [0.25, 0.3) is 0 Å². The monoisotopic (exact) mass is 786 g/mol. The minimum Gasteiger partial charge on any atom is -0.401 e. The smallest absolute Gasteiger partial charge is 0.216 e. The van der Waals surface area contributed by atoms with Crippen LogP contribution in [0.3, 0.4) is 0 Å². The Morgan fingerprint density at radius 1 is 0.673 bits per heavy atom. The molecule has 264 valence electrons. The van der Waals surface area contributed by atoms with Crippen molar-refractivity contribution in [1.29, 1.82) is 0 Å². The molecule has 0 fully saturated rings. The third kappa shape index (κ3) is 15.3. The quantitative estimate of drug-likeness (QED) is 0.143. The molecule has 10 nitrogen and oxygen atoms in total. The van der Waals surface area contributed by atoms with Crippen LogP contribution in [0.25, 0.3) is 0 Å².